The summed E-state index contributed by atoms with van der Waals surface area (Å²) in [5, 5.41) is 0. The Morgan fingerprint density at radius 3 is 2.00 bits per heavy atom. The Hall–Kier alpha value is -2.80. The predicted molar refractivity (Wildman–Crippen MR) is 105 cm³/mol. The van der Waals surface area contributed by atoms with Gasteiger partial charge in [-0.15, -0.1) is 0 Å². The van der Waals surface area contributed by atoms with Crippen LogP contribution in [0, 0.1) is 0 Å². The Labute approximate surface area is 149 Å². The van der Waals surface area contributed by atoms with Crippen molar-refractivity contribution in [2.75, 3.05) is 7.11 Å². The molecule has 0 saturated carbocycles. The van der Waals surface area contributed by atoms with Crippen molar-refractivity contribution in [1.82, 2.24) is 0 Å². The van der Waals surface area contributed by atoms with Crippen LogP contribution in [0.25, 0.3) is 11.1 Å². The maximum atomic E-state index is 5.34. The molecule has 1 heteroatoms. The number of fused-ring (bicyclic) bond motifs is 1. The minimum atomic E-state index is -0.0453. The average Bonchev–Trinajstić information content (AvgIpc) is 2.90. The second-order valence-corrected chi connectivity index (χ2v) is 7.02. The van der Waals surface area contributed by atoms with E-state index < -0.39 is 0 Å². The molecule has 25 heavy (non-hydrogen) atoms. The highest BCUT2D eigenvalue weighted by Crippen LogP contribution is 2.52. The summed E-state index contributed by atoms with van der Waals surface area (Å²) in [6.07, 6.45) is 0. The van der Waals surface area contributed by atoms with E-state index in [0.29, 0.717) is 0 Å². The quantitative estimate of drug-likeness (QED) is 0.578. The Morgan fingerprint density at radius 2 is 1.32 bits per heavy atom. The lowest BCUT2D eigenvalue weighted by molar-refractivity contribution is 0.414. The molecular formula is C24H22O. The molecule has 1 nitrogen and oxygen atoms in total. The molecule has 0 amide bonds. The monoisotopic (exact) mass is 326 g/mol. The summed E-state index contributed by atoms with van der Waals surface area (Å²) in [6, 6.07) is 27.9. The van der Waals surface area contributed by atoms with E-state index in [-0.39, 0.29) is 5.41 Å². The summed E-state index contributed by atoms with van der Waals surface area (Å²) in [5.41, 5.74) is 7.92. The van der Waals surface area contributed by atoms with Crippen LogP contribution in [0.2, 0.25) is 0 Å². The van der Waals surface area contributed by atoms with E-state index in [1.807, 2.05) is 12.1 Å². The molecule has 1 aliphatic rings. The van der Waals surface area contributed by atoms with Crippen LogP contribution in [0.15, 0.2) is 78.9 Å². The zero-order valence-corrected chi connectivity index (χ0v) is 14.9. The Kier molecular flexibility index (Phi) is 3.73. The van der Waals surface area contributed by atoms with Crippen molar-refractivity contribution in [3.8, 4) is 5.75 Å². The van der Waals surface area contributed by atoms with Crippen molar-refractivity contribution in [2.24, 2.45) is 0 Å². The van der Waals surface area contributed by atoms with E-state index in [1.165, 1.54) is 33.4 Å². The minimum absolute atomic E-state index is 0.0453. The fourth-order valence-electron chi connectivity index (χ4n) is 4.00. The number of methoxy groups -OCH3 is 1. The summed E-state index contributed by atoms with van der Waals surface area (Å²) in [4.78, 5) is 0. The molecule has 3 aromatic carbocycles. The van der Waals surface area contributed by atoms with E-state index in [1.54, 1.807) is 7.11 Å². The highest BCUT2D eigenvalue weighted by atomic mass is 16.5. The van der Waals surface area contributed by atoms with E-state index in [9.17, 15) is 0 Å². The molecule has 0 aliphatic heterocycles. The molecule has 0 fully saturated rings. The van der Waals surface area contributed by atoms with Gasteiger partial charge in [-0.3, -0.25) is 0 Å². The molecule has 0 radical (unpaired) electrons. The van der Waals surface area contributed by atoms with E-state index in [0.717, 1.165) is 5.75 Å². The first-order valence-electron chi connectivity index (χ1n) is 8.67. The fraction of sp³-hybridized carbons (Fsp3) is 0.167. The molecule has 0 bridgehead atoms. The van der Waals surface area contributed by atoms with Crippen molar-refractivity contribution in [1.29, 1.82) is 0 Å². The van der Waals surface area contributed by atoms with Gasteiger partial charge in [0.2, 0.25) is 0 Å². The molecule has 0 saturated heterocycles. The third-order valence-corrected chi connectivity index (χ3v) is 5.19. The van der Waals surface area contributed by atoms with Crippen LogP contribution in [0.3, 0.4) is 0 Å². The van der Waals surface area contributed by atoms with Crippen molar-refractivity contribution in [2.45, 2.75) is 19.3 Å². The van der Waals surface area contributed by atoms with Crippen LogP contribution in [0.5, 0.6) is 5.75 Å². The highest BCUT2D eigenvalue weighted by Gasteiger charge is 2.38. The van der Waals surface area contributed by atoms with Gasteiger partial charge in [0.1, 0.15) is 5.75 Å². The van der Waals surface area contributed by atoms with Crippen LogP contribution in [0.1, 0.15) is 36.1 Å². The molecule has 0 aromatic heterocycles. The third kappa shape index (κ3) is 2.47. The maximum Gasteiger partial charge on any atom is 0.118 e. The largest absolute Gasteiger partial charge is 0.497 e. The first kappa shape index (κ1) is 15.7. The van der Waals surface area contributed by atoms with E-state index >= 15 is 0 Å². The Balaban J connectivity index is 2.02. The molecule has 3 aromatic rings. The molecule has 0 atom stereocenters. The summed E-state index contributed by atoms with van der Waals surface area (Å²) in [7, 11) is 1.71. The van der Waals surface area contributed by atoms with Gasteiger partial charge in [0, 0.05) is 5.41 Å². The lowest BCUT2D eigenvalue weighted by Crippen LogP contribution is -2.16. The molecule has 4 rings (SSSR count). The number of ether oxygens (including phenoxy) is 1. The molecular weight excluding hydrogens is 304 g/mol. The van der Waals surface area contributed by atoms with Gasteiger partial charge in [0.15, 0.2) is 0 Å². The van der Waals surface area contributed by atoms with Crippen LogP contribution >= 0.6 is 0 Å². The van der Waals surface area contributed by atoms with Gasteiger partial charge in [-0.25, -0.2) is 0 Å². The van der Waals surface area contributed by atoms with Crippen molar-refractivity contribution in [3.63, 3.8) is 0 Å². The summed E-state index contributed by atoms with van der Waals surface area (Å²) in [5.74, 6) is 0.888. The fourth-order valence-corrected chi connectivity index (χ4v) is 4.00. The summed E-state index contributed by atoms with van der Waals surface area (Å²) in [6.45, 7) is 4.64. The van der Waals surface area contributed by atoms with Crippen molar-refractivity contribution in [3.05, 3.63) is 101 Å². The first-order valence-corrected chi connectivity index (χ1v) is 8.67. The zero-order valence-electron chi connectivity index (χ0n) is 14.9. The number of hydrogen-bond donors (Lipinski definition) is 0. The number of hydrogen-bond acceptors (Lipinski definition) is 1. The van der Waals surface area contributed by atoms with E-state index in [4.69, 9.17) is 4.74 Å². The summed E-state index contributed by atoms with van der Waals surface area (Å²) < 4.78 is 5.34. The van der Waals surface area contributed by atoms with Gasteiger partial charge in [0.25, 0.3) is 0 Å². The molecule has 0 heterocycles. The number of rotatable bonds is 3. The topological polar surface area (TPSA) is 9.23 Å². The van der Waals surface area contributed by atoms with Gasteiger partial charge >= 0.3 is 0 Å². The SMILES string of the molecule is COc1ccc(C2=C(c3ccccc3)c3ccccc3C2(C)C)cc1. The van der Waals surface area contributed by atoms with Gasteiger partial charge in [-0.2, -0.15) is 0 Å². The smallest absolute Gasteiger partial charge is 0.118 e. The summed E-state index contributed by atoms with van der Waals surface area (Å²) >= 11 is 0. The lowest BCUT2D eigenvalue weighted by atomic mass is 9.78. The first-order chi connectivity index (χ1) is 12.1. The van der Waals surface area contributed by atoms with Gasteiger partial charge in [-0.05, 0) is 45.5 Å². The number of benzene rings is 3. The molecule has 0 spiro atoms. The zero-order chi connectivity index (χ0) is 17.4. The van der Waals surface area contributed by atoms with Crippen LogP contribution < -0.4 is 4.74 Å². The van der Waals surface area contributed by atoms with Gasteiger partial charge in [-0.1, -0.05) is 80.6 Å². The third-order valence-electron chi connectivity index (χ3n) is 5.19. The lowest BCUT2D eigenvalue weighted by Gasteiger charge is -2.25. The predicted octanol–water partition coefficient (Wildman–Crippen LogP) is 5.95. The van der Waals surface area contributed by atoms with Gasteiger partial charge < -0.3 is 4.74 Å². The minimum Gasteiger partial charge on any atom is -0.497 e. The van der Waals surface area contributed by atoms with Gasteiger partial charge in [0.05, 0.1) is 7.11 Å². The normalized spacial score (nSPS) is 15.2. The second-order valence-electron chi connectivity index (χ2n) is 7.02. The van der Waals surface area contributed by atoms with Crippen LogP contribution in [0.4, 0.5) is 0 Å². The van der Waals surface area contributed by atoms with Crippen LogP contribution in [-0.4, -0.2) is 7.11 Å². The van der Waals surface area contributed by atoms with Crippen molar-refractivity contribution < 1.29 is 4.74 Å². The molecule has 1 aliphatic carbocycles. The average molecular weight is 326 g/mol. The molecule has 0 N–H and O–H groups in total. The second kappa shape index (κ2) is 5.93. The number of allylic oxidation sites excluding steroid dienone is 1. The van der Waals surface area contributed by atoms with Crippen molar-refractivity contribution >= 4 is 11.1 Å². The highest BCUT2D eigenvalue weighted by molar-refractivity contribution is 6.07. The maximum absolute atomic E-state index is 5.34. The Morgan fingerprint density at radius 1 is 0.680 bits per heavy atom. The van der Waals surface area contributed by atoms with Crippen LogP contribution in [-0.2, 0) is 5.41 Å². The molecule has 124 valence electrons. The molecule has 0 unspecified atom stereocenters. The Bertz CT molecular complexity index is 931. The van der Waals surface area contributed by atoms with E-state index in [2.05, 4.69) is 80.6 Å². The standard InChI is InChI=1S/C24H22O/c1-24(2)21-12-8-7-11-20(21)22(17-9-5-4-6-10-17)23(24)18-13-15-19(25-3)16-14-18/h4-16H,1-3H3.